The first-order valence-corrected chi connectivity index (χ1v) is 7.39. The summed E-state index contributed by atoms with van der Waals surface area (Å²) in [5, 5.41) is 11.8. The van der Waals surface area contributed by atoms with Crippen LogP contribution in [0.1, 0.15) is 24.8 Å². The van der Waals surface area contributed by atoms with Crippen molar-refractivity contribution in [1.29, 1.82) is 0 Å². The molecule has 1 aromatic carbocycles. The summed E-state index contributed by atoms with van der Waals surface area (Å²) in [6, 6.07) is 4.70. The number of carboxylic acids is 1. The molecule has 2 N–H and O–H groups in total. The first kappa shape index (κ1) is 16.4. The highest BCUT2D eigenvalue weighted by molar-refractivity contribution is 5.84. The molecule has 0 spiro atoms. The number of amides is 1. The summed E-state index contributed by atoms with van der Waals surface area (Å²) >= 11 is 0. The molecular formula is C16H20FNO4. The number of halogens is 1. The van der Waals surface area contributed by atoms with Gasteiger partial charge in [-0.25, -0.2) is 9.18 Å². The Morgan fingerprint density at radius 3 is 2.50 bits per heavy atom. The molecule has 0 aliphatic carbocycles. The predicted molar refractivity (Wildman–Crippen MR) is 77.8 cm³/mol. The van der Waals surface area contributed by atoms with Crippen LogP contribution in [0.15, 0.2) is 24.3 Å². The van der Waals surface area contributed by atoms with E-state index in [-0.39, 0.29) is 24.1 Å². The molecule has 1 heterocycles. The first-order chi connectivity index (χ1) is 10.5. The molecule has 1 aliphatic rings. The molecule has 0 saturated carbocycles. The maximum atomic E-state index is 12.8. The summed E-state index contributed by atoms with van der Waals surface area (Å²) < 4.78 is 18.1. The van der Waals surface area contributed by atoms with Crippen LogP contribution in [0, 0.1) is 11.7 Å². The molecule has 2 rings (SSSR count). The summed E-state index contributed by atoms with van der Waals surface area (Å²) in [6.07, 6.45) is 2.08. The zero-order valence-electron chi connectivity index (χ0n) is 12.3. The van der Waals surface area contributed by atoms with E-state index >= 15 is 0 Å². The lowest BCUT2D eigenvalue weighted by atomic mass is 9.92. The molecule has 1 saturated heterocycles. The first-order valence-electron chi connectivity index (χ1n) is 7.39. The molecule has 0 radical (unpaired) electrons. The average Bonchev–Trinajstić information content (AvgIpc) is 2.50. The third-order valence-corrected chi connectivity index (χ3v) is 3.82. The molecule has 1 unspecified atom stereocenters. The lowest BCUT2D eigenvalue weighted by Crippen LogP contribution is -2.43. The SMILES string of the molecule is O=C(Cc1ccc(F)cc1)NC(CC1CCOCC1)C(=O)O. The van der Waals surface area contributed by atoms with Gasteiger partial charge in [-0.15, -0.1) is 0 Å². The second-order valence-electron chi connectivity index (χ2n) is 5.55. The van der Waals surface area contributed by atoms with Gasteiger partial charge in [-0.3, -0.25) is 4.79 Å². The number of benzene rings is 1. The van der Waals surface area contributed by atoms with Crippen LogP contribution >= 0.6 is 0 Å². The Bertz CT molecular complexity index is 511. The van der Waals surface area contributed by atoms with Crippen molar-refractivity contribution in [1.82, 2.24) is 5.32 Å². The minimum atomic E-state index is -1.03. The van der Waals surface area contributed by atoms with E-state index in [4.69, 9.17) is 4.74 Å². The molecule has 22 heavy (non-hydrogen) atoms. The van der Waals surface area contributed by atoms with Crippen molar-refractivity contribution < 1.29 is 23.8 Å². The van der Waals surface area contributed by atoms with Crippen LogP contribution in [0.4, 0.5) is 4.39 Å². The average molecular weight is 309 g/mol. The number of hydrogen-bond donors (Lipinski definition) is 2. The largest absolute Gasteiger partial charge is 0.480 e. The van der Waals surface area contributed by atoms with Crippen LogP contribution < -0.4 is 5.32 Å². The van der Waals surface area contributed by atoms with Crippen LogP contribution in [-0.2, 0) is 20.7 Å². The molecule has 1 amide bonds. The van der Waals surface area contributed by atoms with Crippen molar-refractivity contribution in [3.05, 3.63) is 35.6 Å². The summed E-state index contributed by atoms with van der Waals surface area (Å²) in [6.45, 7) is 1.28. The van der Waals surface area contributed by atoms with Gasteiger partial charge in [0.2, 0.25) is 5.91 Å². The lowest BCUT2D eigenvalue weighted by Gasteiger charge is -2.25. The van der Waals surface area contributed by atoms with Crippen molar-refractivity contribution in [2.45, 2.75) is 31.7 Å². The van der Waals surface area contributed by atoms with Gasteiger partial charge >= 0.3 is 5.97 Å². The number of ether oxygens (including phenoxy) is 1. The quantitative estimate of drug-likeness (QED) is 0.839. The Hall–Kier alpha value is -1.95. The lowest BCUT2D eigenvalue weighted by molar-refractivity contribution is -0.142. The molecule has 1 aliphatic heterocycles. The minimum absolute atomic E-state index is 0.0395. The van der Waals surface area contributed by atoms with Crippen molar-refractivity contribution in [3.8, 4) is 0 Å². The topological polar surface area (TPSA) is 75.6 Å². The molecule has 5 nitrogen and oxygen atoms in total. The van der Waals surface area contributed by atoms with E-state index in [1.54, 1.807) is 0 Å². The second kappa shape index (κ2) is 7.89. The molecule has 0 aromatic heterocycles. The van der Waals surface area contributed by atoms with Gasteiger partial charge in [0.05, 0.1) is 6.42 Å². The number of carbonyl (C=O) groups is 2. The monoisotopic (exact) mass is 309 g/mol. The van der Waals surface area contributed by atoms with Gasteiger partial charge in [0.25, 0.3) is 0 Å². The van der Waals surface area contributed by atoms with Gasteiger partial charge in [0.1, 0.15) is 11.9 Å². The van der Waals surface area contributed by atoms with E-state index in [2.05, 4.69) is 5.32 Å². The zero-order chi connectivity index (χ0) is 15.9. The predicted octanol–water partition coefficient (Wildman–Crippen LogP) is 1.75. The Balaban J connectivity index is 1.87. The third-order valence-electron chi connectivity index (χ3n) is 3.82. The number of carbonyl (C=O) groups excluding carboxylic acids is 1. The van der Waals surface area contributed by atoms with Crippen molar-refractivity contribution in [2.75, 3.05) is 13.2 Å². The fourth-order valence-corrected chi connectivity index (χ4v) is 2.57. The van der Waals surface area contributed by atoms with Crippen LogP contribution in [-0.4, -0.2) is 36.2 Å². The van der Waals surface area contributed by atoms with E-state index in [0.29, 0.717) is 25.2 Å². The van der Waals surface area contributed by atoms with Crippen LogP contribution in [0.5, 0.6) is 0 Å². The number of nitrogens with one attached hydrogen (secondary N) is 1. The van der Waals surface area contributed by atoms with Gasteiger partial charge in [0, 0.05) is 13.2 Å². The number of rotatable bonds is 6. The molecule has 0 bridgehead atoms. The Morgan fingerprint density at radius 1 is 1.27 bits per heavy atom. The number of hydrogen-bond acceptors (Lipinski definition) is 3. The van der Waals surface area contributed by atoms with E-state index in [1.807, 2.05) is 0 Å². The van der Waals surface area contributed by atoms with Gasteiger partial charge in [-0.1, -0.05) is 12.1 Å². The van der Waals surface area contributed by atoms with E-state index in [9.17, 15) is 19.1 Å². The van der Waals surface area contributed by atoms with E-state index in [1.165, 1.54) is 24.3 Å². The molecule has 1 aromatic rings. The van der Waals surface area contributed by atoms with Crippen molar-refractivity contribution >= 4 is 11.9 Å². The maximum absolute atomic E-state index is 12.8. The highest BCUT2D eigenvalue weighted by Crippen LogP contribution is 2.20. The van der Waals surface area contributed by atoms with E-state index < -0.39 is 12.0 Å². The summed E-state index contributed by atoms with van der Waals surface area (Å²) in [5.41, 5.74) is 0.647. The summed E-state index contributed by atoms with van der Waals surface area (Å²) in [7, 11) is 0. The smallest absolute Gasteiger partial charge is 0.326 e. The Labute approximate surface area is 128 Å². The van der Waals surface area contributed by atoms with Gasteiger partial charge in [-0.2, -0.15) is 0 Å². The highest BCUT2D eigenvalue weighted by atomic mass is 19.1. The standard InChI is InChI=1S/C16H20FNO4/c17-13-3-1-11(2-4-13)10-15(19)18-14(16(20)21)9-12-5-7-22-8-6-12/h1-4,12,14H,5-10H2,(H,18,19)(H,20,21). The second-order valence-corrected chi connectivity index (χ2v) is 5.55. The highest BCUT2D eigenvalue weighted by Gasteiger charge is 2.25. The zero-order valence-corrected chi connectivity index (χ0v) is 12.3. The molecular weight excluding hydrogens is 289 g/mol. The molecule has 6 heteroatoms. The van der Waals surface area contributed by atoms with Gasteiger partial charge in [0.15, 0.2) is 0 Å². The summed E-state index contributed by atoms with van der Waals surface area (Å²) in [5.74, 6) is -1.52. The molecule has 120 valence electrons. The van der Waals surface area contributed by atoms with Crippen LogP contribution in [0.3, 0.4) is 0 Å². The van der Waals surface area contributed by atoms with Gasteiger partial charge in [-0.05, 0) is 42.9 Å². The van der Waals surface area contributed by atoms with E-state index in [0.717, 1.165) is 12.8 Å². The summed E-state index contributed by atoms with van der Waals surface area (Å²) in [4.78, 5) is 23.3. The molecule has 1 fully saturated rings. The van der Waals surface area contributed by atoms with Crippen LogP contribution in [0.25, 0.3) is 0 Å². The Kier molecular flexibility index (Phi) is 5.89. The Morgan fingerprint density at radius 2 is 1.91 bits per heavy atom. The van der Waals surface area contributed by atoms with Crippen LogP contribution in [0.2, 0.25) is 0 Å². The third kappa shape index (κ3) is 5.11. The number of carboxylic acid groups (broad SMARTS) is 1. The fourth-order valence-electron chi connectivity index (χ4n) is 2.57. The number of aliphatic carboxylic acids is 1. The molecule has 1 atom stereocenters. The maximum Gasteiger partial charge on any atom is 0.326 e. The normalized spacial score (nSPS) is 17.0. The van der Waals surface area contributed by atoms with Crippen molar-refractivity contribution in [3.63, 3.8) is 0 Å². The minimum Gasteiger partial charge on any atom is -0.480 e. The van der Waals surface area contributed by atoms with Crippen molar-refractivity contribution in [2.24, 2.45) is 5.92 Å². The fraction of sp³-hybridized carbons (Fsp3) is 0.500. The van der Waals surface area contributed by atoms with Gasteiger partial charge < -0.3 is 15.2 Å².